The van der Waals surface area contributed by atoms with Crippen molar-refractivity contribution >= 4 is 0 Å². The average molecular weight is 231 g/mol. The van der Waals surface area contributed by atoms with E-state index < -0.39 is 5.79 Å². The van der Waals surface area contributed by atoms with Gasteiger partial charge in [-0.05, 0) is 13.8 Å². The molecule has 0 spiro atoms. The minimum absolute atomic E-state index is 0.00382. The Balaban J connectivity index is 2.13. The zero-order chi connectivity index (χ0) is 11.8. The molecule has 2 aliphatic heterocycles. The number of piperidine rings is 1. The van der Waals surface area contributed by atoms with Gasteiger partial charge in [-0.1, -0.05) is 0 Å². The lowest BCUT2D eigenvalue weighted by Gasteiger charge is -2.50. The van der Waals surface area contributed by atoms with Gasteiger partial charge in [0.1, 0.15) is 6.10 Å². The number of aliphatic hydroxyl groups is 1. The van der Waals surface area contributed by atoms with E-state index in [1.54, 1.807) is 7.11 Å². The van der Waals surface area contributed by atoms with Crippen LogP contribution in [0.3, 0.4) is 0 Å². The number of nitrogens with one attached hydrogen (secondary N) is 1. The van der Waals surface area contributed by atoms with Crippen LogP contribution in [-0.2, 0) is 14.2 Å². The van der Waals surface area contributed by atoms with Gasteiger partial charge in [-0.25, -0.2) is 0 Å². The van der Waals surface area contributed by atoms with E-state index in [1.807, 2.05) is 13.8 Å². The van der Waals surface area contributed by atoms with Crippen molar-refractivity contribution in [1.29, 1.82) is 0 Å². The SMILES string of the molecule is CO[C@@]1(C)O[C@@H]2[C@@H](CO)CNC[C@H]2OC1C. The smallest absolute Gasteiger partial charge is 0.191 e. The highest BCUT2D eigenvalue weighted by Crippen LogP contribution is 2.34. The molecule has 16 heavy (non-hydrogen) atoms. The molecule has 5 heteroatoms. The molecule has 2 fully saturated rings. The van der Waals surface area contributed by atoms with E-state index in [9.17, 15) is 5.11 Å². The Bertz CT molecular complexity index is 250. The predicted molar refractivity (Wildman–Crippen MR) is 58.1 cm³/mol. The summed E-state index contributed by atoms with van der Waals surface area (Å²) < 4.78 is 17.3. The van der Waals surface area contributed by atoms with Crippen molar-refractivity contribution in [3.05, 3.63) is 0 Å². The number of rotatable bonds is 2. The first-order valence-corrected chi connectivity index (χ1v) is 5.80. The van der Waals surface area contributed by atoms with Gasteiger partial charge in [0, 0.05) is 32.7 Å². The molecule has 0 amide bonds. The lowest BCUT2D eigenvalue weighted by molar-refractivity contribution is -0.358. The molecule has 0 aromatic heterocycles. The van der Waals surface area contributed by atoms with Crippen molar-refractivity contribution in [2.24, 2.45) is 5.92 Å². The van der Waals surface area contributed by atoms with Crippen molar-refractivity contribution in [3.8, 4) is 0 Å². The molecule has 2 aliphatic rings. The van der Waals surface area contributed by atoms with Crippen LogP contribution in [0.25, 0.3) is 0 Å². The second-order valence-electron chi connectivity index (χ2n) is 4.72. The van der Waals surface area contributed by atoms with Gasteiger partial charge in [0.05, 0.1) is 12.2 Å². The second kappa shape index (κ2) is 4.58. The van der Waals surface area contributed by atoms with Gasteiger partial charge in [0.15, 0.2) is 5.79 Å². The van der Waals surface area contributed by atoms with E-state index in [0.717, 1.165) is 13.1 Å². The molecule has 0 aromatic rings. The highest BCUT2D eigenvalue weighted by Gasteiger charge is 2.48. The average Bonchev–Trinajstić information content (AvgIpc) is 2.30. The summed E-state index contributed by atoms with van der Waals surface area (Å²) in [5.41, 5.74) is 0. The van der Waals surface area contributed by atoms with Crippen molar-refractivity contribution in [1.82, 2.24) is 5.32 Å². The molecule has 2 rings (SSSR count). The van der Waals surface area contributed by atoms with Gasteiger partial charge in [-0.2, -0.15) is 0 Å². The number of hydrogen-bond donors (Lipinski definition) is 2. The first-order valence-electron chi connectivity index (χ1n) is 5.80. The largest absolute Gasteiger partial charge is 0.396 e. The van der Waals surface area contributed by atoms with Gasteiger partial charge in [-0.3, -0.25) is 0 Å². The lowest BCUT2D eigenvalue weighted by Crippen LogP contribution is -2.64. The number of fused-ring (bicyclic) bond motifs is 1. The number of methoxy groups -OCH3 is 1. The van der Waals surface area contributed by atoms with Crippen LogP contribution in [0.1, 0.15) is 13.8 Å². The predicted octanol–water partition coefficient (Wildman–Crippen LogP) is -0.267. The molecule has 2 heterocycles. The Kier molecular flexibility index (Phi) is 3.51. The summed E-state index contributed by atoms with van der Waals surface area (Å²) in [6.45, 7) is 5.46. The normalized spacial score (nSPS) is 48.8. The summed E-state index contributed by atoms with van der Waals surface area (Å²) in [6.07, 6.45) is -0.200. The van der Waals surface area contributed by atoms with Crippen LogP contribution < -0.4 is 5.32 Å². The standard InChI is InChI=1S/C11H21NO4/c1-7-11(2,14-3)16-10-8(6-13)4-12-5-9(10)15-7/h7-10,12-13H,4-6H2,1-3H3/t7?,8-,9-,10-,11+/m1/s1. The fourth-order valence-corrected chi connectivity index (χ4v) is 2.38. The van der Waals surface area contributed by atoms with Gasteiger partial charge < -0.3 is 24.6 Å². The molecule has 2 saturated heterocycles. The minimum Gasteiger partial charge on any atom is -0.396 e. The molecule has 1 unspecified atom stereocenters. The third kappa shape index (κ3) is 1.98. The van der Waals surface area contributed by atoms with Crippen molar-refractivity contribution in [2.45, 2.75) is 37.9 Å². The molecule has 0 aromatic carbocycles. The topological polar surface area (TPSA) is 60.0 Å². The van der Waals surface area contributed by atoms with E-state index >= 15 is 0 Å². The van der Waals surface area contributed by atoms with Crippen LogP contribution in [0.4, 0.5) is 0 Å². The van der Waals surface area contributed by atoms with Crippen LogP contribution >= 0.6 is 0 Å². The zero-order valence-electron chi connectivity index (χ0n) is 10.1. The van der Waals surface area contributed by atoms with Gasteiger partial charge in [-0.15, -0.1) is 0 Å². The quantitative estimate of drug-likeness (QED) is 0.685. The van der Waals surface area contributed by atoms with Gasteiger partial charge in [0.2, 0.25) is 0 Å². The van der Waals surface area contributed by atoms with Crippen molar-refractivity contribution < 1.29 is 19.3 Å². The van der Waals surface area contributed by atoms with Gasteiger partial charge in [0.25, 0.3) is 0 Å². The maximum absolute atomic E-state index is 9.32. The molecule has 5 atom stereocenters. The molecular weight excluding hydrogens is 210 g/mol. The fraction of sp³-hybridized carbons (Fsp3) is 1.00. The van der Waals surface area contributed by atoms with E-state index in [0.29, 0.717) is 0 Å². The third-order valence-corrected chi connectivity index (χ3v) is 3.71. The molecule has 5 nitrogen and oxygen atoms in total. The van der Waals surface area contributed by atoms with Crippen LogP contribution in [0.15, 0.2) is 0 Å². The minimum atomic E-state index is -0.716. The molecular formula is C11H21NO4. The Morgan fingerprint density at radius 1 is 1.50 bits per heavy atom. The maximum Gasteiger partial charge on any atom is 0.191 e. The van der Waals surface area contributed by atoms with Crippen molar-refractivity contribution in [2.75, 3.05) is 26.8 Å². The van der Waals surface area contributed by atoms with E-state index in [1.165, 1.54) is 0 Å². The lowest BCUT2D eigenvalue weighted by atomic mass is 9.92. The molecule has 0 radical (unpaired) electrons. The van der Waals surface area contributed by atoms with Crippen LogP contribution in [0, 0.1) is 5.92 Å². The molecule has 2 N–H and O–H groups in total. The maximum atomic E-state index is 9.32. The summed E-state index contributed by atoms with van der Waals surface area (Å²) in [5.74, 6) is -0.646. The fourth-order valence-electron chi connectivity index (χ4n) is 2.38. The number of ether oxygens (including phenoxy) is 3. The highest BCUT2D eigenvalue weighted by atomic mass is 16.7. The molecule has 0 bridgehead atoms. The number of aliphatic hydroxyl groups excluding tert-OH is 1. The van der Waals surface area contributed by atoms with Crippen LogP contribution in [0.2, 0.25) is 0 Å². The Morgan fingerprint density at radius 3 is 2.88 bits per heavy atom. The molecule has 0 saturated carbocycles. The summed E-state index contributed by atoms with van der Waals surface area (Å²) in [7, 11) is 1.62. The monoisotopic (exact) mass is 231 g/mol. The molecule has 0 aliphatic carbocycles. The zero-order valence-corrected chi connectivity index (χ0v) is 10.1. The Hall–Kier alpha value is -0.200. The highest BCUT2D eigenvalue weighted by molar-refractivity contribution is 4.93. The summed E-state index contributed by atoms with van der Waals surface area (Å²) in [6, 6.07) is 0. The van der Waals surface area contributed by atoms with E-state index in [4.69, 9.17) is 14.2 Å². The summed E-state index contributed by atoms with van der Waals surface area (Å²) >= 11 is 0. The van der Waals surface area contributed by atoms with Crippen molar-refractivity contribution in [3.63, 3.8) is 0 Å². The second-order valence-corrected chi connectivity index (χ2v) is 4.72. The van der Waals surface area contributed by atoms with E-state index in [-0.39, 0.29) is 30.8 Å². The Morgan fingerprint density at radius 2 is 2.25 bits per heavy atom. The summed E-state index contributed by atoms with van der Waals surface area (Å²) in [4.78, 5) is 0. The number of hydrogen-bond acceptors (Lipinski definition) is 5. The first-order chi connectivity index (χ1) is 7.60. The molecule has 94 valence electrons. The first kappa shape index (κ1) is 12.3. The van der Waals surface area contributed by atoms with Crippen LogP contribution in [-0.4, -0.2) is 56.0 Å². The van der Waals surface area contributed by atoms with Gasteiger partial charge >= 0.3 is 0 Å². The Labute approximate surface area is 96.1 Å². The van der Waals surface area contributed by atoms with Crippen LogP contribution in [0.5, 0.6) is 0 Å². The van der Waals surface area contributed by atoms with E-state index in [2.05, 4.69) is 5.32 Å². The third-order valence-electron chi connectivity index (χ3n) is 3.71. The summed E-state index contributed by atoms with van der Waals surface area (Å²) in [5, 5.41) is 12.6.